The van der Waals surface area contributed by atoms with Crippen molar-refractivity contribution in [2.45, 2.75) is 32.0 Å². The highest BCUT2D eigenvalue weighted by Gasteiger charge is 2.32. The fourth-order valence-electron chi connectivity index (χ4n) is 1.83. The van der Waals surface area contributed by atoms with Crippen LogP contribution in [0.5, 0.6) is 0 Å². The van der Waals surface area contributed by atoms with Gasteiger partial charge in [0.1, 0.15) is 5.69 Å². The van der Waals surface area contributed by atoms with Crippen molar-refractivity contribution in [3.05, 3.63) is 38.4 Å². The van der Waals surface area contributed by atoms with E-state index in [2.05, 4.69) is 10.5 Å². The van der Waals surface area contributed by atoms with E-state index in [9.17, 15) is 20.2 Å². The fourth-order valence-corrected chi connectivity index (χ4v) is 1.83. The number of anilines is 1. The molecule has 112 valence electrons. The van der Waals surface area contributed by atoms with E-state index >= 15 is 0 Å². The van der Waals surface area contributed by atoms with Crippen molar-refractivity contribution in [2.75, 3.05) is 5.43 Å². The van der Waals surface area contributed by atoms with Crippen molar-refractivity contribution in [1.29, 1.82) is 0 Å². The number of hydrogen-bond donors (Lipinski definition) is 1. The van der Waals surface area contributed by atoms with Crippen molar-refractivity contribution < 1.29 is 14.6 Å². The summed E-state index contributed by atoms with van der Waals surface area (Å²) in [5, 5.41) is 25.4. The third kappa shape index (κ3) is 3.96. The summed E-state index contributed by atoms with van der Waals surface area (Å²) in [6.07, 6.45) is 3.68. The van der Waals surface area contributed by atoms with Crippen molar-refractivity contribution in [3.8, 4) is 0 Å². The Hall–Kier alpha value is -2.55. The van der Waals surface area contributed by atoms with Gasteiger partial charge in [0.15, 0.2) is 0 Å². The van der Waals surface area contributed by atoms with Gasteiger partial charge in [-0.3, -0.25) is 25.7 Å². The molecule has 1 fully saturated rings. The number of nitrogens with one attached hydrogen (secondary N) is 1. The molecule has 2 unspecified atom stereocenters. The van der Waals surface area contributed by atoms with Crippen molar-refractivity contribution in [2.24, 2.45) is 5.10 Å². The molecule has 1 N–H and O–H groups in total. The van der Waals surface area contributed by atoms with Gasteiger partial charge in [-0.15, -0.1) is 0 Å². The maximum absolute atomic E-state index is 10.9. The van der Waals surface area contributed by atoms with Crippen LogP contribution in [-0.4, -0.2) is 28.3 Å². The highest BCUT2D eigenvalue weighted by molar-refractivity contribution is 5.67. The van der Waals surface area contributed by atoms with Crippen molar-refractivity contribution >= 4 is 23.3 Å². The van der Waals surface area contributed by atoms with Gasteiger partial charge in [0.05, 0.1) is 28.1 Å². The number of rotatable bonds is 7. The average Bonchev–Trinajstić information content (AvgIpc) is 3.14. The van der Waals surface area contributed by atoms with E-state index in [1.54, 1.807) is 6.21 Å². The van der Waals surface area contributed by atoms with E-state index in [1.165, 1.54) is 12.1 Å². The average molecular weight is 294 g/mol. The van der Waals surface area contributed by atoms with Gasteiger partial charge in [-0.25, -0.2) is 0 Å². The Morgan fingerprint density at radius 3 is 2.67 bits per heavy atom. The molecule has 2 rings (SSSR count). The number of epoxide rings is 1. The summed E-state index contributed by atoms with van der Waals surface area (Å²) in [5.41, 5.74) is 1.91. The summed E-state index contributed by atoms with van der Waals surface area (Å²) < 4.78 is 5.23. The van der Waals surface area contributed by atoms with Crippen LogP contribution < -0.4 is 5.43 Å². The number of nitrogens with zero attached hydrogens (tertiary/aromatic N) is 3. The van der Waals surface area contributed by atoms with Crippen molar-refractivity contribution in [3.63, 3.8) is 0 Å². The molecular weight excluding hydrogens is 280 g/mol. The van der Waals surface area contributed by atoms with Gasteiger partial charge in [-0.1, -0.05) is 0 Å². The van der Waals surface area contributed by atoms with Crippen molar-refractivity contribution in [1.82, 2.24) is 0 Å². The van der Waals surface area contributed by atoms with Gasteiger partial charge >= 0.3 is 5.69 Å². The van der Waals surface area contributed by atoms with Crippen LogP contribution in [0.25, 0.3) is 0 Å². The van der Waals surface area contributed by atoms with Crippen LogP contribution >= 0.6 is 0 Å². The van der Waals surface area contributed by atoms with E-state index < -0.39 is 9.85 Å². The Labute approximate surface area is 119 Å². The van der Waals surface area contributed by atoms with Crippen LogP contribution in [0.3, 0.4) is 0 Å². The quantitative estimate of drug-likeness (QED) is 0.356. The standard InChI is InChI=1S/C12H14N4O5/c1-8-12(21-8)3-2-6-13-14-10-5-4-9(15(17)18)7-11(10)16(19)20/h4-8,12,14H,2-3H2,1H3. The van der Waals surface area contributed by atoms with Gasteiger partial charge in [-0.05, 0) is 25.8 Å². The molecule has 1 saturated heterocycles. The number of hydrogen-bond acceptors (Lipinski definition) is 7. The van der Waals surface area contributed by atoms with Gasteiger partial charge in [0, 0.05) is 12.3 Å². The van der Waals surface area contributed by atoms with E-state index in [-0.39, 0.29) is 23.2 Å². The number of benzene rings is 1. The lowest BCUT2D eigenvalue weighted by Crippen LogP contribution is -1.99. The largest absolute Gasteiger partial charge is 0.370 e. The van der Waals surface area contributed by atoms with Crippen LogP contribution in [0.4, 0.5) is 17.1 Å². The molecule has 0 aliphatic carbocycles. The summed E-state index contributed by atoms with van der Waals surface area (Å²) >= 11 is 0. The zero-order chi connectivity index (χ0) is 15.4. The topological polar surface area (TPSA) is 123 Å². The van der Waals surface area contributed by atoms with Crippen LogP contribution in [0.15, 0.2) is 23.3 Å². The molecule has 0 radical (unpaired) electrons. The molecule has 0 spiro atoms. The van der Waals surface area contributed by atoms with Gasteiger partial charge < -0.3 is 4.74 Å². The fraction of sp³-hybridized carbons (Fsp3) is 0.417. The highest BCUT2D eigenvalue weighted by Crippen LogP contribution is 2.29. The Balaban J connectivity index is 1.96. The first-order valence-electron chi connectivity index (χ1n) is 6.35. The number of hydrazone groups is 1. The van der Waals surface area contributed by atoms with E-state index in [1.807, 2.05) is 6.92 Å². The second-order valence-corrected chi connectivity index (χ2v) is 4.60. The number of non-ortho nitro benzene ring substituents is 1. The molecule has 0 amide bonds. The monoisotopic (exact) mass is 294 g/mol. The molecule has 9 nitrogen and oxygen atoms in total. The minimum Gasteiger partial charge on any atom is -0.370 e. The molecule has 1 aliphatic heterocycles. The number of nitro groups is 2. The molecular formula is C12H14N4O5. The first-order chi connectivity index (χ1) is 9.99. The Morgan fingerprint density at radius 1 is 1.38 bits per heavy atom. The third-order valence-corrected chi connectivity index (χ3v) is 3.08. The number of ether oxygens (including phenoxy) is 1. The zero-order valence-corrected chi connectivity index (χ0v) is 11.3. The predicted molar refractivity (Wildman–Crippen MR) is 75.4 cm³/mol. The lowest BCUT2D eigenvalue weighted by molar-refractivity contribution is -0.393. The SMILES string of the molecule is CC1OC1CCC=NNc1ccc([N+](=O)[O-])cc1[N+](=O)[O-]. The Bertz CT molecular complexity index is 589. The van der Waals surface area contributed by atoms with E-state index in [0.29, 0.717) is 12.5 Å². The molecule has 1 aliphatic rings. The first kappa shape index (κ1) is 14.9. The van der Waals surface area contributed by atoms with E-state index in [4.69, 9.17) is 4.74 Å². The Kier molecular flexibility index (Phi) is 4.43. The van der Waals surface area contributed by atoms with Gasteiger partial charge in [-0.2, -0.15) is 5.10 Å². The van der Waals surface area contributed by atoms with Crippen LogP contribution in [0.2, 0.25) is 0 Å². The molecule has 1 aromatic carbocycles. The van der Waals surface area contributed by atoms with Crippen LogP contribution in [0.1, 0.15) is 19.8 Å². The highest BCUT2D eigenvalue weighted by atomic mass is 16.6. The molecule has 0 aromatic heterocycles. The second kappa shape index (κ2) is 6.27. The molecule has 0 saturated carbocycles. The smallest absolute Gasteiger partial charge is 0.301 e. The molecule has 9 heteroatoms. The maximum atomic E-state index is 10.9. The molecule has 0 bridgehead atoms. The predicted octanol–water partition coefficient (Wildman–Crippen LogP) is 2.47. The minimum atomic E-state index is -0.690. The van der Waals surface area contributed by atoms with E-state index in [0.717, 1.165) is 12.5 Å². The molecule has 2 atom stereocenters. The minimum absolute atomic E-state index is 0.109. The summed E-state index contributed by atoms with van der Waals surface area (Å²) in [5.74, 6) is 0. The maximum Gasteiger partial charge on any atom is 0.301 e. The van der Waals surface area contributed by atoms with Gasteiger partial charge in [0.25, 0.3) is 5.69 Å². The molecule has 21 heavy (non-hydrogen) atoms. The third-order valence-electron chi connectivity index (χ3n) is 3.08. The lowest BCUT2D eigenvalue weighted by atomic mass is 10.2. The lowest BCUT2D eigenvalue weighted by Gasteiger charge is -2.01. The number of nitro benzene ring substituents is 2. The molecule has 1 aromatic rings. The van der Waals surface area contributed by atoms with Crippen LogP contribution in [0, 0.1) is 20.2 Å². The normalized spacial score (nSPS) is 20.4. The Morgan fingerprint density at radius 2 is 2.10 bits per heavy atom. The zero-order valence-electron chi connectivity index (χ0n) is 11.3. The summed E-state index contributed by atoms with van der Waals surface area (Å²) in [4.78, 5) is 20.1. The summed E-state index contributed by atoms with van der Waals surface area (Å²) in [6.45, 7) is 1.99. The molecule has 1 heterocycles. The summed E-state index contributed by atoms with van der Waals surface area (Å²) in [7, 11) is 0. The van der Waals surface area contributed by atoms with Gasteiger partial charge in [0.2, 0.25) is 0 Å². The first-order valence-corrected chi connectivity index (χ1v) is 6.35. The van der Waals surface area contributed by atoms with Crippen LogP contribution in [-0.2, 0) is 4.74 Å². The second-order valence-electron chi connectivity index (χ2n) is 4.60. The summed E-state index contributed by atoms with van der Waals surface area (Å²) in [6, 6.07) is 3.35.